The lowest BCUT2D eigenvalue weighted by atomic mass is 10.2. The maximum absolute atomic E-state index is 13.1. The van der Waals surface area contributed by atoms with Crippen LogP contribution in [0.2, 0.25) is 5.15 Å². The first-order chi connectivity index (χ1) is 8.56. The van der Waals surface area contributed by atoms with E-state index in [9.17, 15) is 4.39 Å². The smallest absolute Gasteiger partial charge is 0.165 e. The van der Waals surface area contributed by atoms with Crippen molar-refractivity contribution in [3.05, 3.63) is 52.6 Å². The molecule has 0 bridgehead atoms. The SMILES string of the molecule is Cc1cnc(Cl)c(NCc2ccc(O)c(F)c2)c1. The highest BCUT2D eigenvalue weighted by molar-refractivity contribution is 6.31. The lowest BCUT2D eigenvalue weighted by Gasteiger charge is -2.09. The molecule has 2 aromatic rings. The van der Waals surface area contributed by atoms with Crippen LogP contribution in [0.5, 0.6) is 5.75 Å². The van der Waals surface area contributed by atoms with E-state index in [-0.39, 0.29) is 5.75 Å². The van der Waals surface area contributed by atoms with Gasteiger partial charge in [-0.1, -0.05) is 17.7 Å². The predicted molar refractivity (Wildman–Crippen MR) is 69.4 cm³/mol. The Labute approximate surface area is 109 Å². The van der Waals surface area contributed by atoms with Gasteiger partial charge in [-0.2, -0.15) is 0 Å². The molecule has 0 aliphatic heterocycles. The van der Waals surface area contributed by atoms with E-state index in [2.05, 4.69) is 10.3 Å². The van der Waals surface area contributed by atoms with Gasteiger partial charge in [0.25, 0.3) is 0 Å². The van der Waals surface area contributed by atoms with Crippen molar-refractivity contribution in [1.82, 2.24) is 4.98 Å². The fraction of sp³-hybridized carbons (Fsp3) is 0.154. The molecule has 0 saturated heterocycles. The number of anilines is 1. The van der Waals surface area contributed by atoms with Gasteiger partial charge in [-0.05, 0) is 36.2 Å². The lowest BCUT2D eigenvalue weighted by molar-refractivity contribution is 0.432. The van der Waals surface area contributed by atoms with Crippen molar-refractivity contribution in [3.8, 4) is 5.75 Å². The predicted octanol–water partition coefficient (Wildman–Crippen LogP) is 3.50. The molecule has 0 fully saturated rings. The van der Waals surface area contributed by atoms with Gasteiger partial charge in [-0.3, -0.25) is 0 Å². The van der Waals surface area contributed by atoms with Gasteiger partial charge in [0.2, 0.25) is 0 Å². The molecule has 2 rings (SSSR count). The van der Waals surface area contributed by atoms with Crippen LogP contribution in [0.25, 0.3) is 0 Å². The van der Waals surface area contributed by atoms with Crippen molar-refractivity contribution in [3.63, 3.8) is 0 Å². The number of nitrogens with one attached hydrogen (secondary N) is 1. The first-order valence-corrected chi connectivity index (χ1v) is 5.77. The molecule has 0 aliphatic carbocycles. The van der Waals surface area contributed by atoms with Crippen LogP contribution < -0.4 is 5.32 Å². The quantitative estimate of drug-likeness (QED) is 0.836. The number of phenols is 1. The molecule has 5 heteroatoms. The highest BCUT2D eigenvalue weighted by atomic mass is 35.5. The average Bonchev–Trinajstić information content (AvgIpc) is 2.34. The molecule has 0 atom stereocenters. The van der Waals surface area contributed by atoms with E-state index < -0.39 is 5.82 Å². The summed E-state index contributed by atoms with van der Waals surface area (Å²) in [5.74, 6) is -0.989. The molecule has 1 aromatic heterocycles. The second-order valence-corrected chi connectivity index (χ2v) is 4.35. The summed E-state index contributed by atoms with van der Waals surface area (Å²) in [6, 6.07) is 6.11. The van der Waals surface area contributed by atoms with Crippen LogP contribution in [0, 0.1) is 12.7 Å². The van der Waals surface area contributed by atoms with Gasteiger partial charge >= 0.3 is 0 Å². The number of benzene rings is 1. The highest BCUT2D eigenvalue weighted by Crippen LogP contribution is 2.21. The maximum atomic E-state index is 13.1. The number of aromatic hydroxyl groups is 1. The summed E-state index contributed by atoms with van der Waals surface area (Å²) in [6.45, 7) is 2.32. The average molecular weight is 267 g/mol. The zero-order chi connectivity index (χ0) is 13.1. The monoisotopic (exact) mass is 266 g/mol. The number of hydrogen-bond acceptors (Lipinski definition) is 3. The van der Waals surface area contributed by atoms with E-state index in [1.165, 1.54) is 12.1 Å². The van der Waals surface area contributed by atoms with E-state index in [0.29, 0.717) is 22.9 Å². The fourth-order valence-corrected chi connectivity index (χ4v) is 1.70. The number of phenolic OH excluding ortho intramolecular Hbond substituents is 1. The molecule has 94 valence electrons. The van der Waals surface area contributed by atoms with Crippen LogP contribution in [0.3, 0.4) is 0 Å². The van der Waals surface area contributed by atoms with Gasteiger partial charge in [-0.25, -0.2) is 9.37 Å². The summed E-state index contributed by atoms with van der Waals surface area (Å²) in [7, 11) is 0. The Bertz CT molecular complexity index is 575. The molecule has 0 spiro atoms. The van der Waals surface area contributed by atoms with Crippen molar-refractivity contribution in [2.24, 2.45) is 0 Å². The number of aromatic nitrogens is 1. The topological polar surface area (TPSA) is 45.2 Å². The summed E-state index contributed by atoms with van der Waals surface area (Å²) in [6.07, 6.45) is 1.67. The number of aryl methyl sites for hydroxylation is 1. The first kappa shape index (κ1) is 12.6. The minimum Gasteiger partial charge on any atom is -0.505 e. The van der Waals surface area contributed by atoms with Crippen molar-refractivity contribution in [2.45, 2.75) is 13.5 Å². The third-order valence-electron chi connectivity index (χ3n) is 2.47. The Kier molecular flexibility index (Phi) is 3.67. The lowest BCUT2D eigenvalue weighted by Crippen LogP contribution is -2.01. The van der Waals surface area contributed by atoms with Crippen molar-refractivity contribution in [2.75, 3.05) is 5.32 Å². The Balaban J connectivity index is 2.11. The number of halogens is 2. The molecule has 1 heterocycles. The second kappa shape index (κ2) is 5.23. The molecule has 0 saturated carbocycles. The number of pyridine rings is 1. The van der Waals surface area contributed by atoms with Gasteiger partial charge < -0.3 is 10.4 Å². The largest absolute Gasteiger partial charge is 0.505 e. The molecule has 0 aliphatic rings. The zero-order valence-electron chi connectivity index (χ0n) is 9.74. The summed E-state index contributed by atoms with van der Waals surface area (Å²) in [5, 5.41) is 12.5. The van der Waals surface area contributed by atoms with E-state index in [4.69, 9.17) is 16.7 Å². The second-order valence-electron chi connectivity index (χ2n) is 3.99. The molecule has 18 heavy (non-hydrogen) atoms. The fourth-order valence-electron chi connectivity index (χ4n) is 1.53. The number of nitrogens with zero attached hydrogens (tertiary/aromatic N) is 1. The molecule has 0 unspecified atom stereocenters. The molecular weight excluding hydrogens is 255 g/mol. The van der Waals surface area contributed by atoms with Crippen LogP contribution in [0.15, 0.2) is 30.5 Å². The molecule has 3 nitrogen and oxygen atoms in total. The molecule has 0 amide bonds. The van der Waals surface area contributed by atoms with Crippen molar-refractivity contribution >= 4 is 17.3 Å². The van der Waals surface area contributed by atoms with Gasteiger partial charge in [0.1, 0.15) is 0 Å². The molecule has 2 N–H and O–H groups in total. The zero-order valence-corrected chi connectivity index (χ0v) is 10.5. The summed E-state index contributed by atoms with van der Waals surface area (Å²) in [4.78, 5) is 4.01. The Hall–Kier alpha value is -1.81. The van der Waals surface area contributed by atoms with Gasteiger partial charge in [0.15, 0.2) is 16.7 Å². The normalized spacial score (nSPS) is 10.4. The van der Waals surface area contributed by atoms with Crippen molar-refractivity contribution in [1.29, 1.82) is 0 Å². The van der Waals surface area contributed by atoms with Crippen molar-refractivity contribution < 1.29 is 9.50 Å². The standard InChI is InChI=1S/C13H12ClFN2O/c1-8-4-11(13(14)17-6-8)16-7-9-2-3-12(18)10(15)5-9/h2-6,16,18H,7H2,1H3. The van der Waals surface area contributed by atoms with Crippen LogP contribution in [0.1, 0.15) is 11.1 Å². The summed E-state index contributed by atoms with van der Waals surface area (Å²) < 4.78 is 13.1. The molecule has 0 radical (unpaired) electrons. The Morgan fingerprint density at radius 3 is 2.89 bits per heavy atom. The number of hydrogen-bond donors (Lipinski definition) is 2. The Morgan fingerprint density at radius 1 is 1.39 bits per heavy atom. The van der Waals surface area contributed by atoms with Crippen LogP contribution in [-0.4, -0.2) is 10.1 Å². The number of rotatable bonds is 3. The third kappa shape index (κ3) is 2.90. The molecular formula is C13H12ClFN2O. The highest BCUT2D eigenvalue weighted by Gasteiger charge is 2.04. The minimum absolute atomic E-state index is 0.353. The van der Waals surface area contributed by atoms with Gasteiger partial charge in [-0.15, -0.1) is 0 Å². The minimum atomic E-state index is -0.636. The summed E-state index contributed by atoms with van der Waals surface area (Å²) >= 11 is 5.93. The summed E-state index contributed by atoms with van der Waals surface area (Å²) in [5.41, 5.74) is 2.40. The maximum Gasteiger partial charge on any atom is 0.165 e. The molecule has 1 aromatic carbocycles. The third-order valence-corrected chi connectivity index (χ3v) is 2.77. The first-order valence-electron chi connectivity index (χ1n) is 5.39. The van der Waals surface area contributed by atoms with Gasteiger partial charge in [0.05, 0.1) is 5.69 Å². The van der Waals surface area contributed by atoms with E-state index >= 15 is 0 Å². The van der Waals surface area contributed by atoms with Gasteiger partial charge in [0, 0.05) is 12.7 Å². The Morgan fingerprint density at radius 2 is 2.17 bits per heavy atom. The van der Waals surface area contributed by atoms with E-state index in [1.807, 2.05) is 13.0 Å². The van der Waals surface area contributed by atoms with Crippen LogP contribution >= 0.6 is 11.6 Å². The van der Waals surface area contributed by atoms with Crippen LogP contribution in [0.4, 0.5) is 10.1 Å². The van der Waals surface area contributed by atoms with E-state index in [1.54, 1.807) is 12.3 Å². The van der Waals surface area contributed by atoms with Crippen LogP contribution in [-0.2, 0) is 6.54 Å². The van der Waals surface area contributed by atoms with E-state index in [0.717, 1.165) is 5.56 Å².